The molecule has 0 spiro atoms. The molecule has 3 N–H and O–H groups in total. The fraction of sp³-hybridized carbons (Fsp3) is 0.222. The fourth-order valence-corrected chi connectivity index (χ4v) is 2.98. The van der Waals surface area contributed by atoms with Crippen LogP contribution in [-0.2, 0) is 5.72 Å². The lowest BCUT2D eigenvalue weighted by atomic mass is 9.96. The van der Waals surface area contributed by atoms with E-state index in [-0.39, 0.29) is 5.91 Å². The molecule has 1 amide bonds. The molecular weight excluding hydrogens is 370 g/mol. The summed E-state index contributed by atoms with van der Waals surface area (Å²) in [5.74, 6) is -0.358. The summed E-state index contributed by atoms with van der Waals surface area (Å²) in [7, 11) is 0. The summed E-state index contributed by atoms with van der Waals surface area (Å²) in [4.78, 5) is 12.9. The Morgan fingerprint density at radius 2 is 1.88 bits per heavy atom. The molecule has 0 fully saturated rings. The third-order valence-corrected chi connectivity index (χ3v) is 4.64. The van der Waals surface area contributed by atoms with Crippen molar-refractivity contribution in [2.24, 2.45) is 5.10 Å². The number of anilines is 1. The van der Waals surface area contributed by atoms with E-state index in [2.05, 4.69) is 21.0 Å². The molecule has 0 saturated carbocycles. The number of carbonyl (C=O) groups is 1. The topological polar surface area (TPSA) is 78.9 Å². The summed E-state index contributed by atoms with van der Waals surface area (Å²) in [5, 5.41) is 16.8. The van der Waals surface area contributed by atoms with Gasteiger partial charge in [0, 0.05) is 33.4 Å². The van der Waals surface area contributed by atoms with E-state index >= 15 is 0 Å². The van der Waals surface area contributed by atoms with Gasteiger partial charge in [0.1, 0.15) is 0 Å². The van der Waals surface area contributed by atoms with Gasteiger partial charge in [-0.05, 0) is 42.8 Å². The Hall–Kier alpha value is -2.18. The molecule has 1 atom stereocenters. The van der Waals surface area contributed by atoms with Crippen molar-refractivity contribution >= 4 is 33.2 Å². The summed E-state index contributed by atoms with van der Waals surface area (Å²) < 4.78 is 0.904. The molecule has 0 unspecified atom stereocenters. The average molecular weight is 388 g/mol. The zero-order chi connectivity index (χ0) is 17.3. The highest BCUT2D eigenvalue weighted by Crippen LogP contribution is 2.37. The van der Waals surface area contributed by atoms with E-state index in [1.165, 1.54) is 5.01 Å². The number of hydrogen-bond acceptors (Lipinski definition) is 4. The molecule has 2 aromatic rings. The number of amides is 1. The summed E-state index contributed by atoms with van der Waals surface area (Å²) >= 11 is 3.38. The second-order valence-electron chi connectivity index (χ2n) is 5.76. The molecule has 0 radical (unpaired) electrons. The predicted octanol–water partition coefficient (Wildman–Crippen LogP) is 3.49. The van der Waals surface area contributed by atoms with Crippen LogP contribution in [0.1, 0.15) is 35.7 Å². The second kappa shape index (κ2) is 6.37. The predicted molar refractivity (Wildman–Crippen MR) is 97.4 cm³/mol. The van der Waals surface area contributed by atoms with Crippen LogP contribution in [0.25, 0.3) is 0 Å². The molecule has 0 aliphatic carbocycles. The smallest absolute Gasteiger partial charge is 0.276 e. The number of hydrazone groups is 1. The number of nitrogen functional groups attached to an aromatic ring is 1. The molecule has 3 rings (SSSR count). The number of halogens is 1. The SMILES string of the molecule is CCC1=NN(C(=O)c2ccc(N)cc2)[C@@](O)(c2ccc(Br)cc2)C1. The number of nitrogens with two attached hydrogens (primary N) is 1. The van der Waals surface area contributed by atoms with Crippen LogP contribution < -0.4 is 5.73 Å². The van der Waals surface area contributed by atoms with Crippen molar-refractivity contribution in [2.45, 2.75) is 25.5 Å². The van der Waals surface area contributed by atoms with Gasteiger partial charge in [-0.15, -0.1) is 0 Å². The molecule has 1 aliphatic heterocycles. The van der Waals surface area contributed by atoms with E-state index < -0.39 is 5.72 Å². The molecule has 124 valence electrons. The van der Waals surface area contributed by atoms with Gasteiger partial charge in [0.25, 0.3) is 5.91 Å². The quantitative estimate of drug-likeness (QED) is 0.791. The van der Waals surface area contributed by atoms with Gasteiger partial charge in [0.15, 0.2) is 5.72 Å². The molecule has 0 bridgehead atoms. The molecule has 6 heteroatoms. The lowest BCUT2D eigenvalue weighted by Gasteiger charge is -2.31. The van der Waals surface area contributed by atoms with E-state index in [1.807, 2.05) is 19.1 Å². The second-order valence-corrected chi connectivity index (χ2v) is 6.67. The lowest BCUT2D eigenvalue weighted by Crippen LogP contribution is -2.43. The van der Waals surface area contributed by atoms with Crippen LogP contribution in [0.4, 0.5) is 5.69 Å². The van der Waals surface area contributed by atoms with Crippen molar-refractivity contribution in [3.8, 4) is 0 Å². The van der Waals surface area contributed by atoms with Crippen LogP contribution in [-0.4, -0.2) is 21.7 Å². The molecular formula is C18H18BrN3O2. The Morgan fingerprint density at radius 1 is 1.25 bits per heavy atom. The third-order valence-electron chi connectivity index (χ3n) is 4.11. The number of hydrogen-bond donors (Lipinski definition) is 2. The monoisotopic (exact) mass is 387 g/mol. The van der Waals surface area contributed by atoms with Gasteiger partial charge in [-0.25, -0.2) is 0 Å². The Labute approximate surface area is 148 Å². The highest BCUT2D eigenvalue weighted by Gasteiger charge is 2.45. The number of carbonyl (C=O) groups excluding carboxylic acids is 1. The van der Waals surface area contributed by atoms with Crippen molar-refractivity contribution in [1.82, 2.24) is 5.01 Å². The molecule has 2 aromatic carbocycles. The first kappa shape index (κ1) is 16.7. The number of rotatable bonds is 3. The highest BCUT2D eigenvalue weighted by molar-refractivity contribution is 9.10. The van der Waals surface area contributed by atoms with E-state index in [0.29, 0.717) is 29.7 Å². The molecule has 0 aromatic heterocycles. The minimum Gasteiger partial charge on any atom is -0.399 e. The first-order chi connectivity index (χ1) is 11.4. The van der Waals surface area contributed by atoms with Crippen molar-refractivity contribution < 1.29 is 9.90 Å². The standard InChI is InChI=1S/C18H18BrN3O2/c1-2-16-11-18(24,13-5-7-14(19)8-6-13)22(21-16)17(23)12-3-9-15(20)10-4-12/h3-10,24H,2,11,20H2,1H3/t18-/m0/s1. The Balaban J connectivity index is 2.01. The van der Waals surface area contributed by atoms with Crippen molar-refractivity contribution in [3.63, 3.8) is 0 Å². The van der Waals surface area contributed by atoms with Gasteiger partial charge in [-0.2, -0.15) is 10.1 Å². The normalized spacial score (nSPS) is 20.1. The van der Waals surface area contributed by atoms with E-state index in [4.69, 9.17) is 5.73 Å². The summed E-state index contributed by atoms with van der Waals surface area (Å²) in [5.41, 5.74) is 6.61. The van der Waals surface area contributed by atoms with E-state index in [1.54, 1.807) is 36.4 Å². The lowest BCUT2D eigenvalue weighted by molar-refractivity contribution is -0.0765. The van der Waals surface area contributed by atoms with Crippen LogP contribution in [0.3, 0.4) is 0 Å². The highest BCUT2D eigenvalue weighted by atomic mass is 79.9. The van der Waals surface area contributed by atoms with Gasteiger partial charge in [-0.3, -0.25) is 4.79 Å². The summed E-state index contributed by atoms with van der Waals surface area (Å²) in [6.45, 7) is 1.96. The fourth-order valence-electron chi connectivity index (χ4n) is 2.72. The van der Waals surface area contributed by atoms with Gasteiger partial charge >= 0.3 is 0 Å². The minimum atomic E-state index is -1.48. The number of aliphatic hydroxyl groups is 1. The van der Waals surface area contributed by atoms with Crippen LogP contribution in [0.5, 0.6) is 0 Å². The average Bonchev–Trinajstić information content (AvgIpc) is 2.93. The van der Waals surface area contributed by atoms with Crippen molar-refractivity contribution in [2.75, 3.05) is 5.73 Å². The van der Waals surface area contributed by atoms with E-state index in [9.17, 15) is 9.90 Å². The largest absolute Gasteiger partial charge is 0.399 e. The van der Waals surface area contributed by atoms with Crippen LogP contribution in [0, 0.1) is 0 Å². The molecule has 1 heterocycles. The Morgan fingerprint density at radius 3 is 2.46 bits per heavy atom. The van der Waals surface area contributed by atoms with Gasteiger partial charge in [-0.1, -0.05) is 35.0 Å². The van der Waals surface area contributed by atoms with Gasteiger partial charge in [0.05, 0.1) is 0 Å². The molecule has 0 saturated heterocycles. The van der Waals surface area contributed by atoms with Crippen LogP contribution in [0.2, 0.25) is 0 Å². The maximum absolute atomic E-state index is 12.9. The molecule has 1 aliphatic rings. The maximum Gasteiger partial charge on any atom is 0.276 e. The zero-order valence-corrected chi connectivity index (χ0v) is 14.8. The van der Waals surface area contributed by atoms with Crippen molar-refractivity contribution in [3.05, 3.63) is 64.1 Å². The maximum atomic E-state index is 12.9. The summed E-state index contributed by atoms with van der Waals surface area (Å²) in [6, 6.07) is 13.9. The first-order valence-electron chi connectivity index (χ1n) is 7.69. The number of benzene rings is 2. The van der Waals surface area contributed by atoms with Crippen LogP contribution >= 0.6 is 15.9 Å². The third kappa shape index (κ3) is 2.95. The van der Waals surface area contributed by atoms with Gasteiger partial charge in [0.2, 0.25) is 0 Å². The van der Waals surface area contributed by atoms with E-state index in [0.717, 1.165) is 10.2 Å². The van der Waals surface area contributed by atoms with Crippen molar-refractivity contribution in [1.29, 1.82) is 0 Å². The first-order valence-corrected chi connectivity index (χ1v) is 8.48. The molecule has 5 nitrogen and oxygen atoms in total. The minimum absolute atomic E-state index is 0.297. The molecule has 24 heavy (non-hydrogen) atoms. The Kier molecular flexibility index (Phi) is 4.43. The summed E-state index contributed by atoms with van der Waals surface area (Å²) in [6.07, 6.45) is 0.968. The number of nitrogens with zero attached hydrogens (tertiary/aromatic N) is 2. The zero-order valence-electron chi connectivity index (χ0n) is 13.2. The Bertz CT molecular complexity index is 787. The van der Waals surface area contributed by atoms with Crippen LogP contribution in [0.15, 0.2) is 58.1 Å². The van der Waals surface area contributed by atoms with Gasteiger partial charge < -0.3 is 10.8 Å².